The number of anilines is 1. The molecule has 7 heteroatoms. The first kappa shape index (κ1) is 13.9. The Morgan fingerprint density at radius 3 is 2.81 bits per heavy atom. The summed E-state index contributed by atoms with van der Waals surface area (Å²) in [6.07, 6.45) is 3.45. The highest BCUT2D eigenvalue weighted by atomic mass is 35.5. The zero-order chi connectivity index (χ0) is 14.7. The predicted octanol–water partition coefficient (Wildman–Crippen LogP) is 2.39. The molecule has 0 bridgehead atoms. The molecule has 21 heavy (non-hydrogen) atoms. The van der Waals surface area contributed by atoms with E-state index in [1.165, 1.54) is 0 Å². The molecule has 2 aromatic rings. The summed E-state index contributed by atoms with van der Waals surface area (Å²) >= 11 is 6.24. The lowest BCUT2D eigenvalue weighted by Gasteiger charge is -2.27. The van der Waals surface area contributed by atoms with E-state index in [1.54, 1.807) is 46.2 Å². The van der Waals surface area contributed by atoms with E-state index in [2.05, 4.69) is 10.4 Å². The van der Waals surface area contributed by atoms with Crippen LogP contribution in [0.5, 0.6) is 0 Å². The van der Waals surface area contributed by atoms with Crippen molar-refractivity contribution in [1.29, 1.82) is 0 Å². The van der Waals surface area contributed by atoms with Crippen molar-refractivity contribution in [2.24, 2.45) is 0 Å². The van der Waals surface area contributed by atoms with Crippen LogP contribution in [0.4, 0.5) is 10.5 Å². The van der Waals surface area contributed by atoms with Crippen molar-refractivity contribution in [3.8, 4) is 5.69 Å². The van der Waals surface area contributed by atoms with Crippen molar-refractivity contribution in [3.63, 3.8) is 0 Å². The van der Waals surface area contributed by atoms with Gasteiger partial charge in [-0.15, -0.1) is 0 Å². The number of carbonyl (C=O) groups excluding carboxylic acids is 1. The first-order valence-electron chi connectivity index (χ1n) is 6.68. The van der Waals surface area contributed by atoms with Gasteiger partial charge < -0.3 is 15.0 Å². The van der Waals surface area contributed by atoms with Crippen molar-refractivity contribution < 1.29 is 9.53 Å². The zero-order valence-corrected chi connectivity index (χ0v) is 12.1. The van der Waals surface area contributed by atoms with Crippen LogP contribution < -0.4 is 5.32 Å². The third-order valence-corrected chi connectivity index (χ3v) is 3.57. The van der Waals surface area contributed by atoms with Crippen molar-refractivity contribution >= 4 is 23.3 Å². The average Bonchev–Trinajstić information content (AvgIpc) is 3.02. The summed E-state index contributed by atoms with van der Waals surface area (Å²) in [7, 11) is 0. The van der Waals surface area contributed by atoms with Gasteiger partial charge in [-0.3, -0.25) is 0 Å². The molecule has 1 N–H and O–H groups in total. The molecular formula is C14H15ClN4O2. The van der Waals surface area contributed by atoms with Crippen LogP contribution in [-0.4, -0.2) is 47.0 Å². The first-order valence-corrected chi connectivity index (χ1v) is 7.06. The topological polar surface area (TPSA) is 59.4 Å². The summed E-state index contributed by atoms with van der Waals surface area (Å²) in [5.74, 6) is 0. The van der Waals surface area contributed by atoms with Crippen LogP contribution in [-0.2, 0) is 4.74 Å². The lowest BCUT2D eigenvalue weighted by molar-refractivity contribution is 0.0564. The monoisotopic (exact) mass is 306 g/mol. The molecule has 2 heterocycles. The summed E-state index contributed by atoms with van der Waals surface area (Å²) in [6, 6.07) is 7.01. The van der Waals surface area contributed by atoms with Gasteiger partial charge in [-0.2, -0.15) is 5.10 Å². The highest BCUT2D eigenvalue weighted by Gasteiger charge is 2.19. The van der Waals surface area contributed by atoms with Crippen LogP contribution in [0.15, 0.2) is 36.7 Å². The van der Waals surface area contributed by atoms with Gasteiger partial charge in [0.15, 0.2) is 0 Å². The fraction of sp³-hybridized carbons (Fsp3) is 0.286. The Hall–Kier alpha value is -2.05. The summed E-state index contributed by atoms with van der Waals surface area (Å²) in [5, 5.41) is 7.60. The van der Waals surface area contributed by atoms with Gasteiger partial charge in [0, 0.05) is 25.5 Å². The van der Waals surface area contributed by atoms with Crippen LogP contribution in [0, 0.1) is 0 Å². The minimum Gasteiger partial charge on any atom is -0.378 e. The van der Waals surface area contributed by atoms with Crippen molar-refractivity contribution in [2.75, 3.05) is 31.6 Å². The van der Waals surface area contributed by atoms with Gasteiger partial charge >= 0.3 is 6.03 Å². The Bertz CT molecular complexity index is 624. The van der Waals surface area contributed by atoms with Crippen LogP contribution in [0.25, 0.3) is 5.69 Å². The number of aromatic nitrogens is 2. The van der Waals surface area contributed by atoms with Crippen LogP contribution >= 0.6 is 11.6 Å². The normalized spacial score (nSPS) is 15.0. The average molecular weight is 307 g/mol. The molecule has 1 aromatic carbocycles. The predicted molar refractivity (Wildman–Crippen MR) is 80.0 cm³/mol. The Labute approximate surface area is 127 Å². The number of carbonyl (C=O) groups is 1. The van der Waals surface area contributed by atoms with Crippen LogP contribution in [0.3, 0.4) is 0 Å². The summed E-state index contributed by atoms with van der Waals surface area (Å²) in [6.45, 7) is 2.30. The van der Waals surface area contributed by atoms with E-state index in [4.69, 9.17) is 16.3 Å². The number of amides is 2. The van der Waals surface area contributed by atoms with E-state index < -0.39 is 0 Å². The Balaban J connectivity index is 1.85. The molecule has 0 atom stereocenters. The van der Waals surface area contributed by atoms with Crippen molar-refractivity contribution in [2.45, 2.75) is 0 Å². The lowest BCUT2D eigenvalue weighted by atomic mass is 10.2. The van der Waals surface area contributed by atoms with E-state index in [1.807, 2.05) is 0 Å². The van der Waals surface area contributed by atoms with Gasteiger partial charge in [0.25, 0.3) is 0 Å². The van der Waals surface area contributed by atoms with Gasteiger partial charge in [-0.1, -0.05) is 17.7 Å². The molecule has 0 aliphatic carbocycles. The maximum atomic E-state index is 12.3. The molecular weight excluding hydrogens is 292 g/mol. The number of urea groups is 1. The molecule has 1 saturated heterocycles. The fourth-order valence-electron chi connectivity index (χ4n) is 2.21. The molecule has 1 fully saturated rings. The number of morpholine rings is 1. The van der Waals surface area contributed by atoms with Gasteiger partial charge in [0.1, 0.15) is 5.69 Å². The van der Waals surface area contributed by atoms with E-state index in [9.17, 15) is 4.79 Å². The quantitative estimate of drug-likeness (QED) is 0.927. The number of benzene rings is 1. The SMILES string of the molecule is O=C(Nc1cccc(Cl)c1-n1cccn1)N1CCOCC1. The number of nitrogens with zero attached hydrogens (tertiary/aromatic N) is 3. The maximum Gasteiger partial charge on any atom is 0.322 e. The fourth-order valence-corrected chi connectivity index (χ4v) is 2.47. The Kier molecular flexibility index (Phi) is 4.08. The summed E-state index contributed by atoms with van der Waals surface area (Å²) in [4.78, 5) is 14.0. The zero-order valence-electron chi connectivity index (χ0n) is 11.3. The van der Waals surface area contributed by atoms with Crippen molar-refractivity contribution in [3.05, 3.63) is 41.7 Å². The van der Waals surface area contributed by atoms with Crippen LogP contribution in [0.2, 0.25) is 5.02 Å². The molecule has 110 valence electrons. The minimum atomic E-state index is -0.158. The smallest absolute Gasteiger partial charge is 0.322 e. The standard InChI is InChI=1S/C14H15ClN4O2/c15-11-3-1-4-12(13(11)19-6-2-5-16-19)17-14(20)18-7-9-21-10-8-18/h1-6H,7-10H2,(H,17,20). The number of halogens is 1. The second-order valence-electron chi connectivity index (χ2n) is 4.62. The second kappa shape index (κ2) is 6.15. The minimum absolute atomic E-state index is 0.158. The number of rotatable bonds is 2. The molecule has 2 amide bonds. The van der Waals surface area contributed by atoms with E-state index in [0.717, 1.165) is 0 Å². The number of para-hydroxylation sites is 1. The first-order chi connectivity index (χ1) is 10.3. The van der Waals surface area contributed by atoms with Gasteiger partial charge in [-0.05, 0) is 18.2 Å². The van der Waals surface area contributed by atoms with E-state index >= 15 is 0 Å². The third kappa shape index (κ3) is 3.01. The Morgan fingerprint density at radius 1 is 1.29 bits per heavy atom. The largest absolute Gasteiger partial charge is 0.378 e. The van der Waals surface area contributed by atoms with Crippen LogP contribution in [0.1, 0.15) is 0 Å². The molecule has 0 unspecified atom stereocenters. The van der Waals surface area contributed by atoms with E-state index in [-0.39, 0.29) is 6.03 Å². The second-order valence-corrected chi connectivity index (χ2v) is 5.02. The number of ether oxygens (including phenoxy) is 1. The molecule has 1 aliphatic rings. The van der Waals surface area contributed by atoms with E-state index in [0.29, 0.717) is 42.7 Å². The van der Waals surface area contributed by atoms with Gasteiger partial charge in [0.05, 0.1) is 23.9 Å². The summed E-state index contributed by atoms with van der Waals surface area (Å²) in [5.41, 5.74) is 1.29. The molecule has 0 saturated carbocycles. The Morgan fingerprint density at radius 2 is 2.10 bits per heavy atom. The number of hydrogen-bond donors (Lipinski definition) is 1. The van der Waals surface area contributed by atoms with Gasteiger partial charge in [0.2, 0.25) is 0 Å². The molecule has 1 aromatic heterocycles. The molecule has 6 nitrogen and oxygen atoms in total. The number of hydrogen-bond acceptors (Lipinski definition) is 3. The number of nitrogens with one attached hydrogen (secondary N) is 1. The van der Waals surface area contributed by atoms with Crippen molar-refractivity contribution in [1.82, 2.24) is 14.7 Å². The molecule has 0 spiro atoms. The third-order valence-electron chi connectivity index (χ3n) is 3.26. The summed E-state index contributed by atoms with van der Waals surface area (Å²) < 4.78 is 6.88. The lowest BCUT2D eigenvalue weighted by Crippen LogP contribution is -2.43. The highest BCUT2D eigenvalue weighted by Crippen LogP contribution is 2.28. The highest BCUT2D eigenvalue weighted by molar-refractivity contribution is 6.33. The van der Waals surface area contributed by atoms with Gasteiger partial charge in [-0.25, -0.2) is 9.48 Å². The molecule has 0 radical (unpaired) electrons. The molecule has 3 rings (SSSR count). The molecule has 1 aliphatic heterocycles. The maximum absolute atomic E-state index is 12.3.